The number of benzene rings is 2. The van der Waals surface area contributed by atoms with Crippen molar-refractivity contribution in [2.75, 3.05) is 13.7 Å². The van der Waals surface area contributed by atoms with E-state index in [2.05, 4.69) is 15.3 Å². The average Bonchev–Trinajstić information content (AvgIpc) is 3.23. The third-order valence-corrected chi connectivity index (χ3v) is 5.92. The molecule has 0 aliphatic carbocycles. The Kier molecular flexibility index (Phi) is 6.70. The topological polar surface area (TPSA) is 67.0 Å². The van der Waals surface area contributed by atoms with Crippen molar-refractivity contribution in [1.82, 2.24) is 15.3 Å². The molecule has 0 aliphatic rings. The second kappa shape index (κ2) is 9.82. The monoisotopic (exact) mass is 453 g/mol. The lowest BCUT2D eigenvalue weighted by atomic mass is 9.90. The van der Waals surface area contributed by atoms with Gasteiger partial charge in [-0.25, -0.2) is 4.98 Å². The number of fused-ring (bicyclic) bond motifs is 1. The van der Waals surface area contributed by atoms with Crippen molar-refractivity contribution in [2.45, 2.75) is 16.7 Å². The Bertz CT molecular complexity index is 1210. The summed E-state index contributed by atoms with van der Waals surface area (Å²) in [5, 5.41) is 3.97. The minimum Gasteiger partial charge on any atom is -0.497 e. The van der Waals surface area contributed by atoms with Gasteiger partial charge in [-0.1, -0.05) is 30.3 Å². The van der Waals surface area contributed by atoms with Gasteiger partial charge in [0.05, 0.1) is 12.7 Å². The number of methoxy groups -OCH3 is 1. The number of aromatic amines is 1. The van der Waals surface area contributed by atoms with Crippen LogP contribution in [0.2, 0.25) is 0 Å². The Labute approximate surface area is 188 Å². The zero-order chi connectivity index (χ0) is 22.5. The molecule has 164 valence electrons. The lowest BCUT2D eigenvalue weighted by Gasteiger charge is -2.19. The summed E-state index contributed by atoms with van der Waals surface area (Å²) >= 11 is 0.264. The first-order chi connectivity index (χ1) is 15.6. The number of pyridine rings is 1. The van der Waals surface area contributed by atoms with Gasteiger partial charge in [0.2, 0.25) is 0 Å². The molecule has 0 aliphatic heterocycles. The number of hydrogen-bond donors (Lipinski definition) is 2. The van der Waals surface area contributed by atoms with Crippen LogP contribution in [0.5, 0.6) is 5.75 Å². The number of carbonyl (C=O) groups excluding carboxylic acids is 1. The minimum atomic E-state index is -2.66. The predicted octanol–water partition coefficient (Wildman–Crippen LogP) is 5.45. The maximum Gasteiger partial charge on any atom is 0.290 e. The first-order valence-corrected chi connectivity index (χ1v) is 10.8. The molecular weight excluding hydrogens is 432 g/mol. The average molecular weight is 454 g/mol. The van der Waals surface area contributed by atoms with Crippen LogP contribution in [0, 0.1) is 0 Å². The van der Waals surface area contributed by atoms with Gasteiger partial charge in [0.25, 0.3) is 11.7 Å². The molecule has 4 rings (SSSR count). The van der Waals surface area contributed by atoms with Crippen LogP contribution in [-0.2, 0) is 0 Å². The molecule has 0 saturated heterocycles. The van der Waals surface area contributed by atoms with Crippen molar-refractivity contribution in [3.8, 4) is 5.75 Å². The Hall–Kier alpha value is -3.39. The number of para-hydroxylation sites is 1. The fraction of sp³-hybridized carbons (Fsp3) is 0.167. The molecule has 32 heavy (non-hydrogen) atoms. The summed E-state index contributed by atoms with van der Waals surface area (Å²) < 4.78 is 31.0. The Morgan fingerprint density at radius 2 is 1.91 bits per heavy atom. The maximum absolute atomic E-state index is 12.9. The number of thioether (sulfide) groups is 1. The lowest BCUT2D eigenvalue weighted by molar-refractivity contribution is 0.0948. The minimum absolute atomic E-state index is 0.00749. The highest BCUT2D eigenvalue weighted by Crippen LogP contribution is 2.32. The summed E-state index contributed by atoms with van der Waals surface area (Å²) in [6, 6.07) is 18.7. The van der Waals surface area contributed by atoms with Gasteiger partial charge in [0.15, 0.2) is 0 Å². The second-order valence-corrected chi connectivity index (χ2v) is 8.04. The van der Waals surface area contributed by atoms with Gasteiger partial charge in [-0.05, 0) is 53.2 Å². The molecule has 2 N–H and O–H groups in total. The van der Waals surface area contributed by atoms with Crippen molar-refractivity contribution < 1.29 is 18.3 Å². The molecule has 2 aromatic heterocycles. The highest BCUT2D eigenvalue weighted by Gasteiger charge is 2.21. The first-order valence-electron chi connectivity index (χ1n) is 9.95. The van der Waals surface area contributed by atoms with Gasteiger partial charge in [-0.3, -0.25) is 4.79 Å². The summed E-state index contributed by atoms with van der Waals surface area (Å²) in [4.78, 5) is 20.1. The molecule has 2 aromatic carbocycles. The normalized spacial score (nSPS) is 12.1. The van der Waals surface area contributed by atoms with E-state index in [0.717, 1.165) is 27.8 Å². The number of nitrogens with zero attached hydrogens (tertiary/aromatic N) is 1. The van der Waals surface area contributed by atoms with Crippen LogP contribution in [0.1, 0.15) is 27.4 Å². The number of halogens is 2. The third-order valence-electron chi connectivity index (χ3n) is 5.20. The zero-order valence-electron chi connectivity index (χ0n) is 17.2. The van der Waals surface area contributed by atoms with Crippen molar-refractivity contribution in [3.05, 3.63) is 89.7 Å². The van der Waals surface area contributed by atoms with E-state index >= 15 is 0 Å². The predicted molar refractivity (Wildman–Crippen MR) is 122 cm³/mol. The number of aromatic nitrogens is 2. The van der Waals surface area contributed by atoms with Crippen LogP contribution < -0.4 is 10.1 Å². The standard InChI is InChI=1S/C24H21F2N3O2S/c1-31-16-10-8-15(9-11-16)19(20-14-28-21-7-3-2-5-17(20)21)13-29-22(30)18-6-4-12-27-23(18)32-24(25)26/h2-12,14,19,24,28H,13H2,1H3,(H,29,30). The van der Waals surface area contributed by atoms with Gasteiger partial charge in [-0.2, -0.15) is 8.78 Å². The molecule has 0 spiro atoms. The van der Waals surface area contributed by atoms with E-state index in [1.165, 1.54) is 12.3 Å². The van der Waals surface area contributed by atoms with Gasteiger partial charge in [0.1, 0.15) is 10.8 Å². The Balaban J connectivity index is 1.63. The molecule has 2 heterocycles. The SMILES string of the molecule is COc1ccc(C(CNC(=O)c2cccnc2SC(F)F)c2c[nH]c3ccccc23)cc1. The third kappa shape index (κ3) is 4.75. The van der Waals surface area contributed by atoms with E-state index in [1.807, 2.05) is 54.7 Å². The molecule has 5 nitrogen and oxygen atoms in total. The van der Waals surface area contributed by atoms with Gasteiger partial charge < -0.3 is 15.0 Å². The maximum atomic E-state index is 12.9. The van der Waals surface area contributed by atoms with E-state index in [1.54, 1.807) is 13.2 Å². The highest BCUT2D eigenvalue weighted by atomic mass is 32.2. The molecule has 0 radical (unpaired) electrons. The number of amides is 1. The number of alkyl halides is 2. The number of hydrogen-bond acceptors (Lipinski definition) is 4. The number of rotatable bonds is 8. The number of carbonyl (C=O) groups is 1. The summed E-state index contributed by atoms with van der Waals surface area (Å²) in [6.07, 6.45) is 3.33. The molecular formula is C24H21F2N3O2S. The summed E-state index contributed by atoms with van der Waals surface area (Å²) in [6.45, 7) is 0.278. The van der Waals surface area contributed by atoms with Crippen molar-refractivity contribution in [1.29, 1.82) is 0 Å². The summed E-state index contributed by atoms with van der Waals surface area (Å²) in [5.41, 5.74) is 3.14. The molecule has 1 unspecified atom stereocenters. The van der Waals surface area contributed by atoms with E-state index in [0.29, 0.717) is 0 Å². The number of ether oxygens (including phenoxy) is 1. The molecule has 0 fully saturated rings. The molecule has 1 amide bonds. The van der Waals surface area contributed by atoms with Gasteiger partial charge >= 0.3 is 0 Å². The fourth-order valence-corrected chi connectivity index (χ4v) is 4.24. The van der Waals surface area contributed by atoms with Gasteiger partial charge in [0, 0.05) is 35.8 Å². The van der Waals surface area contributed by atoms with E-state index in [4.69, 9.17) is 4.74 Å². The van der Waals surface area contributed by atoms with Crippen LogP contribution in [0.25, 0.3) is 10.9 Å². The van der Waals surface area contributed by atoms with Crippen LogP contribution in [0.15, 0.2) is 78.1 Å². The van der Waals surface area contributed by atoms with E-state index < -0.39 is 11.7 Å². The Morgan fingerprint density at radius 3 is 2.66 bits per heavy atom. The van der Waals surface area contributed by atoms with Crippen molar-refractivity contribution in [3.63, 3.8) is 0 Å². The molecule has 0 bridgehead atoms. The lowest BCUT2D eigenvalue weighted by Crippen LogP contribution is -2.29. The van der Waals surface area contributed by atoms with E-state index in [-0.39, 0.29) is 34.8 Å². The van der Waals surface area contributed by atoms with Gasteiger partial charge in [-0.15, -0.1) is 0 Å². The molecule has 8 heteroatoms. The highest BCUT2D eigenvalue weighted by molar-refractivity contribution is 7.99. The number of nitrogens with one attached hydrogen (secondary N) is 2. The summed E-state index contributed by atoms with van der Waals surface area (Å²) in [5.74, 6) is -2.53. The van der Waals surface area contributed by atoms with Crippen molar-refractivity contribution >= 4 is 28.6 Å². The summed E-state index contributed by atoms with van der Waals surface area (Å²) in [7, 11) is 1.61. The van der Waals surface area contributed by atoms with E-state index in [9.17, 15) is 13.6 Å². The fourth-order valence-electron chi connectivity index (χ4n) is 3.66. The molecule has 0 saturated carbocycles. The molecule has 1 atom stereocenters. The van der Waals surface area contributed by atoms with Crippen LogP contribution in [0.3, 0.4) is 0 Å². The van der Waals surface area contributed by atoms with Crippen molar-refractivity contribution in [2.24, 2.45) is 0 Å². The quantitative estimate of drug-likeness (QED) is 0.348. The zero-order valence-corrected chi connectivity index (χ0v) is 18.0. The van der Waals surface area contributed by atoms with Crippen LogP contribution >= 0.6 is 11.8 Å². The largest absolute Gasteiger partial charge is 0.497 e. The first kappa shape index (κ1) is 21.8. The molecule has 4 aromatic rings. The van der Waals surface area contributed by atoms with Crippen LogP contribution in [0.4, 0.5) is 8.78 Å². The number of H-pyrrole nitrogens is 1. The smallest absolute Gasteiger partial charge is 0.290 e. The second-order valence-electron chi connectivity index (χ2n) is 7.06. The Morgan fingerprint density at radius 1 is 1.12 bits per heavy atom. The van der Waals surface area contributed by atoms with Crippen LogP contribution in [-0.4, -0.2) is 35.3 Å².